The number of carbonyl (C=O) groups is 1. The highest BCUT2D eigenvalue weighted by Gasteiger charge is 2.17. The summed E-state index contributed by atoms with van der Waals surface area (Å²) in [5, 5.41) is 18.5. The summed E-state index contributed by atoms with van der Waals surface area (Å²) in [5.41, 5.74) is 1.37. The average molecular weight is 353 g/mol. The molecule has 0 spiro atoms. The van der Waals surface area contributed by atoms with Gasteiger partial charge < -0.3 is 10.1 Å². The van der Waals surface area contributed by atoms with Gasteiger partial charge >= 0.3 is 0 Å². The number of anilines is 1. The van der Waals surface area contributed by atoms with Crippen LogP contribution in [-0.2, 0) is 11.3 Å². The van der Waals surface area contributed by atoms with Crippen LogP contribution in [0.2, 0.25) is 5.02 Å². The molecule has 0 atom stereocenters. The SMILES string of the molecule is COc1ccc(NC(=O)CCn2nc(C)c(Cl)c2C)c([N+](=O)[O-])c1. The van der Waals surface area contributed by atoms with Crippen molar-refractivity contribution in [1.29, 1.82) is 0 Å². The van der Waals surface area contributed by atoms with E-state index in [2.05, 4.69) is 10.4 Å². The smallest absolute Gasteiger partial charge is 0.296 e. The largest absolute Gasteiger partial charge is 0.496 e. The number of amides is 1. The molecule has 0 aliphatic carbocycles. The van der Waals surface area contributed by atoms with Gasteiger partial charge in [-0.3, -0.25) is 19.6 Å². The fourth-order valence-corrected chi connectivity index (χ4v) is 2.34. The van der Waals surface area contributed by atoms with Crippen LogP contribution in [0.5, 0.6) is 5.75 Å². The quantitative estimate of drug-likeness (QED) is 0.636. The Kier molecular flexibility index (Phi) is 5.40. The monoisotopic (exact) mass is 352 g/mol. The fourth-order valence-electron chi connectivity index (χ4n) is 2.21. The number of aryl methyl sites for hydroxylation is 2. The molecule has 128 valence electrons. The number of aromatic nitrogens is 2. The predicted octanol–water partition coefficient (Wildman–Crippen LogP) is 3.10. The minimum atomic E-state index is -0.571. The number of halogens is 1. The highest BCUT2D eigenvalue weighted by Crippen LogP contribution is 2.29. The Balaban J connectivity index is 2.07. The van der Waals surface area contributed by atoms with Gasteiger partial charge in [-0.15, -0.1) is 0 Å². The van der Waals surface area contributed by atoms with Crippen molar-refractivity contribution in [2.24, 2.45) is 0 Å². The number of nitro benzene ring substituents is 1. The molecule has 1 amide bonds. The Morgan fingerprint density at radius 3 is 2.71 bits per heavy atom. The molecule has 1 aromatic carbocycles. The molecule has 24 heavy (non-hydrogen) atoms. The number of ether oxygens (including phenoxy) is 1. The minimum absolute atomic E-state index is 0.113. The Morgan fingerprint density at radius 1 is 1.46 bits per heavy atom. The summed E-state index contributed by atoms with van der Waals surface area (Å²) in [5.74, 6) is -0.0103. The van der Waals surface area contributed by atoms with Gasteiger partial charge in [0.15, 0.2) is 0 Å². The molecule has 0 fully saturated rings. The highest BCUT2D eigenvalue weighted by molar-refractivity contribution is 6.31. The minimum Gasteiger partial charge on any atom is -0.496 e. The van der Waals surface area contributed by atoms with E-state index in [-0.39, 0.29) is 23.7 Å². The van der Waals surface area contributed by atoms with Crippen molar-refractivity contribution >= 4 is 28.9 Å². The third-order valence-electron chi connectivity index (χ3n) is 3.52. The van der Waals surface area contributed by atoms with E-state index < -0.39 is 4.92 Å². The van der Waals surface area contributed by atoms with E-state index in [0.29, 0.717) is 23.0 Å². The number of carbonyl (C=O) groups excluding carboxylic acids is 1. The maximum absolute atomic E-state index is 12.1. The number of hydrogen-bond acceptors (Lipinski definition) is 5. The normalized spacial score (nSPS) is 10.5. The van der Waals surface area contributed by atoms with Crippen LogP contribution in [0.15, 0.2) is 18.2 Å². The van der Waals surface area contributed by atoms with Crippen LogP contribution in [0.25, 0.3) is 0 Å². The van der Waals surface area contributed by atoms with Crippen LogP contribution in [0.1, 0.15) is 17.8 Å². The van der Waals surface area contributed by atoms with Crippen LogP contribution in [0.4, 0.5) is 11.4 Å². The van der Waals surface area contributed by atoms with Gasteiger partial charge in [-0.2, -0.15) is 5.10 Å². The molecular weight excluding hydrogens is 336 g/mol. The first kappa shape index (κ1) is 17.7. The Morgan fingerprint density at radius 2 is 2.17 bits per heavy atom. The summed E-state index contributed by atoms with van der Waals surface area (Å²) in [6, 6.07) is 4.24. The number of nitrogens with zero attached hydrogens (tertiary/aromatic N) is 3. The zero-order valence-electron chi connectivity index (χ0n) is 13.5. The van der Waals surface area contributed by atoms with Crippen LogP contribution < -0.4 is 10.1 Å². The Bertz CT molecular complexity index is 788. The van der Waals surface area contributed by atoms with Crippen LogP contribution >= 0.6 is 11.6 Å². The van der Waals surface area contributed by atoms with Gasteiger partial charge in [0.2, 0.25) is 5.91 Å². The van der Waals surface area contributed by atoms with Crippen molar-refractivity contribution in [3.05, 3.63) is 44.7 Å². The number of rotatable bonds is 6. The first-order valence-electron chi connectivity index (χ1n) is 7.15. The molecule has 2 rings (SSSR count). The van der Waals surface area contributed by atoms with E-state index in [4.69, 9.17) is 16.3 Å². The third-order valence-corrected chi connectivity index (χ3v) is 4.07. The lowest BCUT2D eigenvalue weighted by Crippen LogP contribution is -2.16. The van der Waals surface area contributed by atoms with E-state index in [1.54, 1.807) is 17.7 Å². The summed E-state index contributed by atoms with van der Waals surface area (Å²) in [6.45, 7) is 3.93. The van der Waals surface area contributed by atoms with Crippen molar-refractivity contribution < 1.29 is 14.5 Å². The lowest BCUT2D eigenvalue weighted by atomic mass is 10.2. The standard InChI is InChI=1S/C15H17ClN4O4/c1-9-15(16)10(2)19(18-9)7-6-14(21)17-12-5-4-11(24-3)8-13(12)20(22)23/h4-5,8H,6-7H2,1-3H3,(H,17,21). The fraction of sp³-hybridized carbons (Fsp3) is 0.333. The lowest BCUT2D eigenvalue weighted by Gasteiger charge is -2.08. The molecule has 0 saturated carbocycles. The van der Waals surface area contributed by atoms with E-state index in [9.17, 15) is 14.9 Å². The zero-order valence-corrected chi connectivity index (χ0v) is 14.3. The lowest BCUT2D eigenvalue weighted by molar-refractivity contribution is -0.384. The topological polar surface area (TPSA) is 99.3 Å². The van der Waals surface area contributed by atoms with Crippen LogP contribution in [-0.4, -0.2) is 27.7 Å². The summed E-state index contributed by atoms with van der Waals surface area (Å²) in [6.07, 6.45) is 0.113. The first-order valence-corrected chi connectivity index (χ1v) is 7.53. The summed E-state index contributed by atoms with van der Waals surface area (Å²) >= 11 is 6.06. The average Bonchev–Trinajstić information content (AvgIpc) is 2.80. The molecule has 1 N–H and O–H groups in total. The molecule has 0 radical (unpaired) electrons. The second-order valence-corrected chi connectivity index (χ2v) is 5.52. The molecule has 9 heteroatoms. The number of benzene rings is 1. The van der Waals surface area contributed by atoms with Crippen molar-refractivity contribution in [2.75, 3.05) is 12.4 Å². The maximum Gasteiger partial charge on any atom is 0.296 e. The van der Waals surface area contributed by atoms with Crippen molar-refractivity contribution in [3.63, 3.8) is 0 Å². The van der Waals surface area contributed by atoms with E-state index in [1.165, 1.54) is 19.2 Å². The van der Waals surface area contributed by atoms with Crippen LogP contribution in [0.3, 0.4) is 0 Å². The van der Waals surface area contributed by atoms with Crippen LogP contribution in [0, 0.1) is 24.0 Å². The zero-order chi connectivity index (χ0) is 17.9. The molecule has 0 bridgehead atoms. The Hall–Kier alpha value is -2.61. The van der Waals surface area contributed by atoms with Gasteiger partial charge in [0, 0.05) is 6.42 Å². The van der Waals surface area contributed by atoms with Gasteiger partial charge in [-0.25, -0.2) is 0 Å². The third kappa shape index (κ3) is 3.83. The molecule has 8 nitrogen and oxygen atoms in total. The Labute approximate surface area is 143 Å². The molecule has 0 saturated heterocycles. The maximum atomic E-state index is 12.1. The summed E-state index contributed by atoms with van der Waals surface area (Å²) in [4.78, 5) is 22.6. The first-order chi connectivity index (χ1) is 11.3. The second-order valence-electron chi connectivity index (χ2n) is 5.15. The van der Waals surface area contributed by atoms with Gasteiger partial charge in [0.25, 0.3) is 5.69 Å². The van der Waals surface area contributed by atoms with E-state index in [0.717, 1.165) is 5.69 Å². The number of methoxy groups -OCH3 is 1. The number of nitrogens with one attached hydrogen (secondary N) is 1. The van der Waals surface area contributed by atoms with Gasteiger partial charge in [0.05, 0.1) is 41.1 Å². The van der Waals surface area contributed by atoms with Gasteiger partial charge in [0.1, 0.15) is 11.4 Å². The molecule has 1 heterocycles. The van der Waals surface area contributed by atoms with Crippen molar-refractivity contribution in [2.45, 2.75) is 26.8 Å². The summed E-state index contributed by atoms with van der Waals surface area (Å²) < 4.78 is 6.59. The summed E-state index contributed by atoms with van der Waals surface area (Å²) in [7, 11) is 1.41. The molecule has 1 aromatic heterocycles. The molecule has 2 aromatic rings. The highest BCUT2D eigenvalue weighted by atomic mass is 35.5. The molecule has 0 aliphatic heterocycles. The molecule has 0 unspecified atom stereocenters. The van der Waals surface area contributed by atoms with Gasteiger partial charge in [-0.05, 0) is 26.0 Å². The van der Waals surface area contributed by atoms with Crippen molar-refractivity contribution in [1.82, 2.24) is 9.78 Å². The number of nitro groups is 1. The van der Waals surface area contributed by atoms with E-state index in [1.807, 2.05) is 6.92 Å². The second kappa shape index (κ2) is 7.31. The molecule has 0 aliphatic rings. The van der Waals surface area contributed by atoms with Gasteiger partial charge in [-0.1, -0.05) is 11.6 Å². The number of hydrogen-bond donors (Lipinski definition) is 1. The predicted molar refractivity (Wildman–Crippen MR) is 89.6 cm³/mol. The van der Waals surface area contributed by atoms with E-state index >= 15 is 0 Å². The molecular formula is C15H17ClN4O4. The van der Waals surface area contributed by atoms with Crippen molar-refractivity contribution in [3.8, 4) is 5.75 Å².